The molecule has 2 fully saturated rings. The Morgan fingerprint density at radius 3 is 2.14 bits per heavy atom. The van der Waals surface area contributed by atoms with Gasteiger partial charge in [-0.05, 0) is 24.3 Å². The van der Waals surface area contributed by atoms with Gasteiger partial charge in [-0.25, -0.2) is 4.79 Å². The van der Waals surface area contributed by atoms with Crippen LogP contribution < -0.4 is 15.0 Å². The molecule has 0 bridgehead atoms. The maximum absolute atomic E-state index is 11.2. The van der Waals surface area contributed by atoms with Gasteiger partial charge >= 0.3 is 5.97 Å². The summed E-state index contributed by atoms with van der Waals surface area (Å²) in [6.07, 6.45) is 5.05. The van der Waals surface area contributed by atoms with Crippen LogP contribution >= 0.6 is 24.8 Å². The summed E-state index contributed by atoms with van der Waals surface area (Å²) in [4.78, 5) is 13.6. The number of halogens is 2. The van der Waals surface area contributed by atoms with Gasteiger partial charge in [0.25, 0.3) is 0 Å². The highest BCUT2D eigenvalue weighted by atomic mass is 35.5. The standard InChI is InChI=1S/C21H34N3O3.2ClH/c1-24(2,18-8-12-22-13-9-18)19-10-14-23(15-11-19)17-4-6-20(7-5-17)27-16-21(25)26-3;;/h4-7,18-19,22H,8-16H2,1-3H3;2*1H/q+1;;. The van der Waals surface area contributed by atoms with Crippen molar-refractivity contribution >= 4 is 36.5 Å². The van der Waals surface area contributed by atoms with Crippen molar-refractivity contribution in [2.24, 2.45) is 0 Å². The van der Waals surface area contributed by atoms with E-state index in [2.05, 4.69) is 41.2 Å². The number of carbonyl (C=O) groups excluding carboxylic acids is 1. The second-order valence-electron chi connectivity index (χ2n) is 8.19. The molecule has 1 aromatic rings. The predicted molar refractivity (Wildman–Crippen MR) is 122 cm³/mol. The molecule has 166 valence electrons. The topological polar surface area (TPSA) is 50.8 Å². The molecule has 2 heterocycles. The lowest BCUT2D eigenvalue weighted by Gasteiger charge is -2.48. The number of hydrogen-bond donors (Lipinski definition) is 1. The Morgan fingerprint density at radius 2 is 1.59 bits per heavy atom. The summed E-state index contributed by atoms with van der Waals surface area (Å²) in [5.74, 6) is 0.332. The second kappa shape index (κ2) is 11.8. The number of piperidine rings is 2. The average Bonchev–Trinajstić information content (AvgIpc) is 2.73. The van der Waals surface area contributed by atoms with E-state index in [0.717, 1.165) is 42.7 Å². The van der Waals surface area contributed by atoms with Crippen LogP contribution in [0.25, 0.3) is 0 Å². The number of hydrogen-bond acceptors (Lipinski definition) is 5. The van der Waals surface area contributed by atoms with E-state index < -0.39 is 0 Å². The second-order valence-corrected chi connectivity index (χ2v) is 8.19. The maximum Gasteiger partial charge on any atom is 0.343 e. The molecular weight excluding hydrogens is 413 g/mol. The number of quaternary nitrogens is 1. The molecule has 0 unspecified atom stereocenters. The van der Waals surface area contributed by atoms with Crippen LogP contribution in [0.1, 0.15) is 25.7 Å². The Balaban J connectivity index is 0.00000210. The summed E-state index contributed by atoms with van der Waals surface area (Å²) >= 11 is 0. The highest BCUT2D eigenvalue weighted by Gasteiger charge is 2.38. The minimum Gasteiger partial charge on any atom is -0.482 e. The van der Waals surface area contributed by atoms with Gasteiger partial charge in [0, 0.05) is 57.5 Å². The van der Waals surface area contributed by atoms with Crippen LogP contribution in [-0.2, 0) is 9.53 Å². The van der Waals surface area contributed by atoms with Gasteiger partial charge in [-0.15, -0.1) is 24.8 Å². The quantitative estimate of drug-likeness (QED) is 0.535. The molecule has 0 spiro atoms. The number of benzene rings is 1. The molecule has 1 N–H and O–H groups in total. The first-order chi connectivity index (χ1) is 13.0. The van der Waals surface area contributed by atoms with Crippen molar-refractivity contribution in [2.75, 3.05) is 58.9 Å². The summed E-state index contributed by atoms with van der Waals surface area (Å²) in [7, 11) is 6.23. The van der Waals surface area contributed by atoms with Crippen LogP contribution in [0.5, 0.6) is 5.75 Å². The molecule has 1 aromatic carbocycles. The van der Waals surface area contributed by atoms with Crippen molar-refractivity contribution in [2.45, 2.75) is 37.8 Å². The fraction of sp³-hybridized carbons (Fsp3) is 0.667. The molecule has 2 aliphatic rings. The Bertz CT molecular complexity index is 614. The summed E-state index contributed by atoms with van der Waals surface area (Å²) in [5, 5.41) is 3.49. The van der Waals surface area contributed by atoms with Gasteiger partial charge in [0.05, 0.1) is 33.3 Å². The van der Waals surface area contributed by atoms with Crippen molar-refractivity contribution in [1.82, 2.24) is 5.32 Å². The first-order valence-electron chi connectivity index (χ1n) is 10.1. The van der Waals surface area contributed by atoms with Crippen LogP contribution in [0.4, 0.5) is 5.69 Å². The smallest absolute Gasteiger partial charge is 0.343 e. The van der Waals surface area contributed by atoms with Crippen molar-refractivity contribution in [3.8, 4) is 5.75 Å². The third-order valence-corrected chi connectivity index (χ3v) is 6.44. The lowest BCUT2D eigenvalue weighted by Crippen LogP contribution is -2.61. The highest BCUT2D eigenvalue weighted by molar-refractivity contribution is 5.85. The molecule has 29 heavy (non-hydrogen) atoms. The molecule has 6 nitrogen and oxygen atoms in total. The first-order valence-corrected chi connectivity index (χ1v) is 10.1. The summed E-state index contributed by atoms with van der Waals surface area (Å²) in [6.45, 7) is 4.47. The predicted octanol–water partition coefficient (Wildman–Crippen LogP) is 2.88. The number of ether oxygens (including phenoxy) is 2. The SMILES string of the molecule is COC(=O)COc1ccc(N2CCC([N+](C)(C)C3CCNCC3)CC2)cc1.Cl.Cl. The molecule has 3 rings (SSSR count). The van der Waals surface area contributed by atoms with E-state index in [1.54, 1.807) is 0 Å². The first kappa shape index (κ1) is 25.8. The molecular formula is C21H36Cl2N3O3+. The van der Waals surface area contributed by atoms with Gasteiger partial charge in [0.15, 0.2) is 6.61 Å². The summed E-state index contributed by atoms with van der Waals surface area (Å²) < 4.78 is 11.2. The van der Waals surface area contributed by atoms with Crippen LogP contribution in [0.15, 0.2) is 24.3 Å². The van der Waals surface area contributed by atoms with E-state index in [1.165, 1.54) is 38.5 Å². The van der Waals surface area contributed by atoms with E-state index in [-0.39, 0.29) is 37.4 Å². The molecule has 0 aromatic heterocycles. The lowest BCUT2D eigenvalue weighted by molar-refractivity contribution is -0.940. The molecule has 0 aliphatic carbocycles. The maximum atomic E-state index is 11.2. The monoisotopic (exact) mass is 448 g/mol. The molecule has 0 saturated carbocycles. The summed E-state index contributed by atoms with van der Waals surface area (Å²) in [6, 6.07) is 9.55. The van der Waals surface area contributed by atoms with Crippen LogP contribution in [0.2, 0.25) is 0 Å². The molecule has 8 heteroatoms. The van der Waals surface area contributed by atoms with Crippen molar-refractivity contribution in [3.63, 3.8) is 0 Å². The van der Waals surface area contributed by atoms with E-state index in [4.69, 9.17) is 4.74 Å². The lowest BCUT2D eigenvalue weighted by atomic mass is 9.94. The minimum absolute atomic E-state index is 0. The number of nitrogens with one attached hydrogen (secondary N) is 1. The number of anilines is 1. The zero-order valence-electron chi connectivity index (χ0n) is 17.8. The molecule has 0 atom stereocenters. The van der Waals surface area contributed by atoms with Crippen molar-refractivity contribution < 1.29 is 18.8 Å². The van der Waals surface area contributed by atoms with Crippen LogP contribution in [0, 0.1) is 0 Å². The van der Waals surface area contributed by atoms with Gasteiger partial charge < -0.3 is 24.2 Å². The van der Waals surface area contributed by atoms with Crippen LogP contribution in [0.3, 0.4) is 0 Å². The Kier molecular flexibility index (Phi) is 10.5. The third kappa shape index (κ3) is 6.64. The number of carbonyl (C=O) groups is 1. The average molecular weight is 449 g/mol. The number of methoxy groups -OCH3 is 1. The van der Waals surface area contributed by atoms with Gasteiger partial charge in [-0.1, -0.05) is 0 Å². The Hall–Kier alpha value is -1.21. The number of nitrogens with zero attached hydrogens (tertiary/aromatic N) is 2. The zero-order chi connectivity index (χ0) is 19.3. The molecule has 2 saturated heterocycles. The summed E-state index contributed by atoms with van der Waals surface area (Å²) in [5.41, 5.74) is 1.23. The van der Waals surface area contributed by atoms with E-state index in [9.17, 15) is 4.79 Å². The largest absolute Gasteiger partial charge is 0.482 e. The van der Waals surface area contributed by atoms with E-state index in [1.807, 2.05) is 12.1 Å². The van der Waals surface area contributed by atoms with Crippen molar-refractivity contribution in [3.05, 3.63) is 24.3 Å². The molecule has 2 aliphatic heterocycles. The Labute approximate surface area is 187 Å². The fourth-order valence-electron chi connectivity index (χ4n) is 4.51. The molecule has 0 amide bonds. The molecule has 0 radical (unpaired) electrons. The fourth-order valence-corrected chi connectivity index (χ4v) is 4.51. The number of rotatable bonds is 6. The van der Waals surface area contributed by atoms with Gasteiger partial charge in [-0.3, -0.25) is 0 Å². The highest BCUT2D eigenvalue weighted by Crippen LogP contribution is 2.30. The minimum atomic E-state index is -0.365. The van der Waals surface area contributed by atoms with Crippen LogP contribution in [-0.4, -0.2) is 76.5 Å². The number of esters is 1. The normalized spacial score (nSPS) is 18.4. The van der Waals surface area contributed by atoms with E-state index in [0.29, 0.717) is 5.75 Å². The van der Waals surface area contributed by atoms with Gasteiger partial charge in [0.1, 0.15) is 5.75 Å². The zero-order valence-corrected chi connectivity index (χ0v) is 19.4. The van der Waals surface area contributed by atoms with Gasteiger partial charge in [0.2, 0.25) is 0 Å². The Morgan fingerprint density at radius 1 is 1.03 bits per heavy atom. The van der Waals surface area contributed by atoms with Crippen molar-refractivity contribution in [1.29, 1.82) is 0 Å². The van der Waals surface area contributed by atoms with Gasteiger partial charge in [-0.2, -0.15) is 0 Å². The van der Waals surface area contributed by atoms with E-state index >= 15 is 0 Å². The third-order valence-electron chi connectivity index (χ3n) is 6.44.